The molecule has 3 heterocycles. The predicted octanol–water partition coefficient (Wildman–Crippen LogP) is 3.18. The molecule has 1 unspecified atom stereocenters. The van der Waals surface area contributed by atoms with E-state index in [0.717, 1.165) is 42.2 Å². The number of hydrogen-bond donors (Lipinski definition) is 0. The van der Waals surface area contributed by atoms with E-state index in [9.17, 15) is 4.79 Å². The van der Waals surface area contributed by atoms with E-state index < -0.39 is 0 Å². The molecule has 0 saturated carbocycles. The van der Waals surface area contributed by atoms with Gasteiger partial charge < -0.3 is 4.90 Å². The zero-order valence-electron chi connectivity index (χ0n) is 14.1. The van der Waals surface area contributed by atoms with Crippen LogP contribution in [0.5, 0.6) is 0 Å². The molecule has 124 valence electrons. The summed E-state index contributed by atoms with van der Waals surface area (Å²) in [6.45, 7) is 4.87. The van der Waals surface area contributed by atoms with Crippen LogP contribution in [0.15, 0.2) is 11.6 Å². The fourth-order valence-corrected chi connectivity index (χ4v) is 4.23. The van der Waals surface area contributed by atoms with Gasteiger partial charge in [-0.3, -0.25) is 9.48 Å². The van der Waals surface area contributed by atoms with E-state index in [1.54, 1.807) is 11.3 Å². The third-order valence-corrected chi connectivity index (χ3v) is 5.53. The molecule has 2 aromatic rings. The fourth-order valence-electron chi connectivity index (χ4n) is 3.29. The molecule has 23 heavy (non-hydrogen) atoms. The van der Waals surface area contributed by atoms with Crippen molar-refractivity contribution < 1.29 is 4.79 Å². The summed E-state index contributed by atoms with van der Waals surface area (Å²) in [5.74, 6) is 0.241. The molecule has 1 fully saturated rings. The Hall–Kier alpha value is -1.69. The lowest BCUT2D eigenvalue weighted by atomic mass is 10.0. The van der Waals surface area contributed by atoms with Crippen molar-refractivity contribution in [3.05, 3.63) is 33.5 Å². The summed E-state index contributed by atoms with van der Waals surface area (Å²) >= 11 is 1.68. The minimum absolute atomic E-state index is 0.171. The van der Waals surface area contributed by atoms with Gasteiger partial charge in [-0.2, -0.15) is 5.10 Å². The first kappa shape index (κ1) is 16.2. The minimum atomic E-state index is 0.171. The number of aryl methyl sites for hydroxylation is 4. The van der Waals surface area contributed by atoms with Crippen LogP contribution in [0.25, 0.3) is 0 Å². The van der Waals surface area contributed by atoms with Gasteiger partial charge in [0.2, 0.25) is 5.91 Å². The van der Waals surface area contributed by atoms with E-state index in [-0.39, 0.29) is 11.9 Å². The van der Waals surface area contributed by atoms with E-state index in [1.807, 2.05) is 36.7 Å². The summed E-state index contributed by atoms with van der Waals surface area (Å²) in [4.78, 5) is 19.4. The number of nitrogens with zero attached hydrogens (tertiary/aromatic N) is 4. The van der Waals surface area contributed by atoms with Crippen LogP contribution in [0.2, 0.25) is 0 Å². The van der Waals surface area contributed by atoms with E-state index in [4.69, 9.17) is 0 Å². The molecular formula is C17H24N4OS. The topological polar surface area (TPSA) is 51.0 Å². The van der Waals surface area contributed by atoms with Crippen molar-refractivity contribution in [1.82, 2.24) is 19.7 Å². The predicted molar refractivity (Wildman–Crippen MR) is 91.4 cm³/mol. The molecule has 1 saturated heterocycles. The molecule has 6 heteroatoms. The van der Waals surface area contributed by atoms with Crippen molar-refractivity contribution in [1.29, 1.82) is 0 Å². The highest BCUT2D eigenvalue weighted by Gasteiger charge is 2.29. The molecule has 0 aromatic carbocycles. The second kappa shape index (κ2) is 6.83. The van der Waals surface area contributed by atoms with Gasteiger partial charge in [0.15, 0.2) is 0 Å². The lowest BCUT2D eigenvalue weighted by Crippen LogP contribution is -2.38. The van der Waals surface area contributed by atoms with Gasteiger partial charge in [-0.25, -0.2) is 4.98 Å². The molecule has 1 amide bonds. The highest BCUT2D eigenvalue weighted by molar-refractivity contribution is 7.09. The van der Waals surface area contributed by atoms with Crippen molar-refractivity contribution in [2.24, 2.45) is 7.05 Å². The van der Waals surface area contributed by atoms with E-state index in [1.165, 1.54) is 12.0 Å². The summed E-state index contributed by atoms with van der Waals surface area (Å²) in [5.41, 5.74) is 3.24. The zero-order valence-corrected chi connectivity index (χ0v) is 14.9. The normalized spacial score (nSPS) is 18.4. The lowest BCUT2D eigenvalue weighted by molar-refractivity contribution is -0.135. The Labute approximate surface area is 141 Å². The average molecular weight is 332 g/mol. The van der Waals surface area contributed by atoms with Crippen LogP contribution in [0.1, 0.15) is 53.7 Å². The van der Waals surface area contributed by atoms with Gasteiger partial charge in [-0.15, -0.1) is 11.3 Å². The number of rotatable bonds is 4. The molecular weight excluding hydrogens is 308 g/mol. The van der Waals surface area contributed by atoms with Crippen molar-refractivity contribution in [3.8, 4) is 0 Å². The molecule has 1 atom stereocenters. The smallest absolute Gasteiger partial charge is 0.223 e. The van der Waals surface area contributed by atoms with Crippen LogP contribution in [0.4, 0.5) is 0 Å². The monoisotopic (exact) mass is 332 g/mol. The first-order chi connectivity index (χ1) is 11.0. The summed E-state index contributed by atoms with van der Waals surface area (Å²) in [7, 11) is 1.92. The summed E-state index contributed by atoms with van der Waals surface area (Å²) in [6.07, 6.45) is 6.63. The molecule has 0 N–H and O–H groups in total. The maximum absolute atomic E-state index is 12.8. The summed E-state index contributed by atoms with van der Waals surface area (Å²) in [6, 6.07) is 0.171. The van der Waals surface area contributed by atoms with Gasteiger partial charge in [0.25, 0.3) is 0 Å². The SMILES string of the molecule is Cc1csc(C2CCCCN2C(=O)CCc2cn(C)nc2C)n1. The average Bonchev–Trinajstić information content (AvgIpc) is 3.10. The molecule has 0 spiro atoms. The highest BCUT2D eigenvalue weighted by Crippen LogP contribution is 2.33. The maximum Gasteiger partial charge on any atom is 0.223 e. The molecule has 0 radical (unpaired) electrons. The molecule has 3 rings (SSSR count). The van der Waals surface area contributed by atoms with Crippen LogP contribution < -0.4 is 0 Å². The van der Waals surface area contributed by atoms with Gasteiger partial charge in [0, 0.05) is 37.3 Å². The Balaban J connectivity index is 1.67. The van der Waals surface area contributed by atoms with Gasteiger partial charge in [-0.05, 0) is 45.1 Å². The molecule has 2 aromatic heterocycles. The minimum Gasteiger partial charge on any atom is -0.333 e. The standard InChI is InChI=1S/C17H24N4OS/c1-12-11-23-17(18-12)15-6-4-5-9-21(15)16(22)8-7-14-10-20(3)19-13(14)2/h10-11,15H,4-9H2,1-3H3. The fraction of sp³-hybridized carbons (Fsp3) is 0.588. The van der Waals surface area contributed by atoms with Crippen LogP contribution in [-0.2, 0) is 18.3 Å². The number of amides is 1. The van der Waals surface area contributed by atoms with Gasteiger partial charge in [0.1, 0.15) is 5.01 Å². The Bertz CT molecular complexity index is 691. The molecule has 0 aliphatic carbocycles. The van der Waals surface area contributed by atoms with E-state index in [2.05, 4.69) is 15.5 Å². The largest absolute Gasteiger partial charge is 0.333 e. The van der Waals surface area contributed by atoms with Crippen molar-refractivity contribution in [3.63, 3.8) is 0 Å². The Kier molecular flexibility index (Phi) is 4.80. The first-order valence-corrected chi connectivity index (χ1v) is 9.13. The number of aromatic nitrogens is 3. The van der Waals surface area contributed by atoms with Gasteiger partial charge in [0.05, 0.1) is 11.7 Å². The second-order valence-corrected chi connectivity index (χ2v) is 7.23. The van der Waals surface area contributed by atoms with Crippen LogP contribution >= 0.6 is 11.3 Å². The Morgan fingerprint density at radius 3 is 2.87 bits per heavy atom. The Morgan fingerprint density at radius 2 is 2.22 bits per heavy atom. The number of likely N-dealkylation sites (tertiary alicyclic amines) is 1. The molecule has 5 nitrogen and oxygen atoms in total. The van der Waals surface area contributed by atoms with Crippen molar-refractivity contribution in [2.45, 2.75) is 52.0 Å². The third-order valence-electron chi connectivity index (χ3n) is 4.47. The zero-order chi connectivity index (χ0) is 16.4. The van der Waals surface area contributed by atoms with Crippen molar-refractivity contribution in [2.75, 3.05) is 6.54 Å². The maximum atomic E-state index is 12.8. The summed E-state index contributed by atoms with van der Waals surface area (Å²) in [5, 5.41) is 7.52. The number of carbonyl (C=O) groups is 1. The molecule has 1 aliphatic rings. The number of carbonyl (C=O) groups excluding carboxylic acids is 1. The molecule has 0 bridgehead atoms. The number of piperidine rings is 1. The molecule has 1 aliphatic heterocycles. The third kappa shape index (κ3) is 3.63. The van der Waals surface area contributed by atoms with Crippen LogP contribution in [-0.4, -0.2) is 32.1 Å². The van der Waals surface area contributed by atoms with Crippen LogP contribution in [0, 0.1) is 13.8 Å². The highest BCUT2D eigenvalue weighted by atomic mass is 32.1. The number of thiazole rings is 1. The van der Waals surface area contributed by atoms with Crippen molar-refractivity contribution >= 4 is 17.2 Å². The van der Waals surface area contributed by atoms with Gasteiger partial charge >= 0.3 is 0 Å². The van der Waals surface area contributed by atoms with E-state index >= 15 is 0 Å². The van der Waals surface area contributed by atoms with Crippen LogP contribution in [0.3, 0.4) is 0 Å². The number of hydrogen-bond acceptors (Lipinski definition) is 4. The van der Waals surface area contributed by atoms with Gasteiger partial charge in [-0.1, -0.05) is 0 Å². The first-order valence-electron chi connectivity index (χ1n) is 8.25. The quantitative estimate of drug-likeness (QED) is 0.864. The Morgan fingerprint density at radius 1 is 1.39 bits per heavy atom. The second-order valence-electron chi connectivity index (χ2n) is 6.34. The summed E-state index contributed by atoms with van der Waals surface area (Å²) < 4.78 is 1.82. The van der Waals surface area contributed by atoms with E-state index in [0.29, 0.717) is 6.42 Å². The lowest BCUT2D eigenvalue weighted by Gasteiger charge is -2.34.